The molecule has 1 aliphatic carbocycles. The molecular weight excluding hydrogens is 204 g/mol. The number of rotatable bonds is 1. The molecule has 5 heteroatoms. The van der Waals surface area contributed by atoms with Crippen molar-refractivity contribution in [1.82, 2.24) is 9.97 Å². The Kier molecular flexibility index (Phi) is 1.81. The van der Waals surface area contributed by atoms with Crippen LogP contribution in [0.1, 0.15) is 11.3 Å². The molecule has 0 atom stereocenters. The third-order valence-electron chi connectivity index (χ3n) is 2.77. The number of benzene rings is 1. The van der Waals surface area contributed by atoms with E-state index in [2.05, 4.69) is 15.4 Å². The Morgan fingerprint density at radius 2 is 2.19 bits per heavy atom. The summed E-state index contributed by atoms with van der Waals surface area (Å²) in [5, 5.41) is 0. The predicted octanol–water partition coefficient (Wildman–Crippen LogP) is 0.627. The van der Waals surface area contributed by atoms with Crippen molar-refractivity contribution in [2.45, 2.75) is 6.42 Å². The molecule has 4 N–H and O–H groups in total. The molecule has 0 amide bonds. The second-order valence-electron chi connectivity index (χ2n) is 3.71. The molecule has 0 saturated carbocycles. The highest BCUT2D eigenvalue weighted by Gasteiger charge is 2.21. The highest BCUT2D eigenvalue weighted by atomic mass is 16.1. The van der Waals surface area contributed by atoms with E-state index in [0.29, 0.717) is 0 Å². The summed E-state index contributed by atoms with van der Waals surface area (Å²) in [5.41, 5.74) is 5.89. The molecule has 1 aliphatic rings. The summed E-state index contributed by atoms with van der Waals surface area (Å²) in [5.74, 6) is 5.38. The van der Waals surface area contributed by atoms with Gasteiger partial charge >= 0.3 is 0 Å². The fourth-order valence-corrected chi connectivity index (χ4v) is 2.03. The third kappa shape index (κ3) is 1.15. The van der Waals surface area contributed by atoms with Gasteiger partial charge in [-0.3, -0.25) is 4.79 Å². The van der Waals surface area contributed by atoms with Crippen LogP contribution in [0.3, 0.4) is 0 Å². The average Bonchev–Trinajstić information content (AvgIpc) is 2.66. The number of hydrogen-bond acceptors (Lipinski definition) is 4. The van der Waals surface area contributed by atoms with Crippen LogP contribution in [0.5, 0.6) is 0 Å². The summed E-state index contributed by atoms with van der Waals surface area (Å²) in [6.07, 6.45) is 0.733. The lowest BCUT2D eigenvalue weighted by Gasteiger charge is -2.02. The summed E-state index contributed by atoms with van der Waals surface area (Å²) < 4.78 is 0. The molecular formula is C11H10N4O. The van der Waals surface area contributed by atoms with Crippen LogP contribution in [0.15, 0.2) is 29.1 Å². The Morgan fingerprint density at radius 3 is 3.00 bits per heavy atom. The van der Waals surface area contributed by atoms with E-state index in [1.165, 1.54) is 5.56 Å². The normalized spacial score (nSPS) is 12.1. The van der Waals surface area contributed by atoms with Gasteiger partial charge in [-0.05, 0) is 5.56 Å². The Hall–Kier alpha value is -2.14. The molecule has 0 fully saturated rings. The van der Waals surface area contributed by atoms with Crippen LogP contribution in [0, 0.1) is 0 Å². The Bertz CT molecular complexity index is 618. The van der Waals surface area contributed by atoms with E-state index < -0.39 is 0 Å². The lowest BCUT2D eigenvalue weighted by molar-refractivity contribution is 1.04. The molecule has 0 saturated heterocycles. The maximum atomic E-state index is 11.6. The van der Waals surface area contributed by atoms with Crippen molar-refractivity contribution in [3.63, 3.8) is 0 Å². The van der Waals surface area contributed by atoms with Gasteiger partial charge in [0.25, 0.3) is 5.56 Å². The number of hydrogen-bond donors (Lipinski definition) is 3. The molecule has 16 heavy (non-hydrogen) atoms. The highest BCUT2D eigenvalue weighted by Crippen LogP contribution is 2.32. The van der Waals surface area contributed by atoms with E-state index in [9.17, 15) is 4.79 Å². The van der Waals surface area contributed by atoms with Gasteiger partial charge in [-0.15, -0.1) is 0 Å². The number of nitrogen functional groups attached to an aromatic ring is 1. The van der Waals surface area contributed by atoms with Gasteiger partial charge < -0.3 is 10.4 Å². The number of fused-ring (bicyclic) bond motifs is 3. The molecule has 1 aromatic carbocycles. The molecule has 0 bridgehead atoms. The number of hydrazine groups is 1. The number of aromatic amines is 1. The zero-order chi connectivity index (χ0) is 11.1. The fraction of sp³-hybridized carbons (Fsp3) is 0.0909. The molecule has 1 heterocycles. The fourth-order valence-electron chi connectivity index (χ4n) is 2.03. The van der Waals surface area contributed by atoms with Crippen LogP contribution in [-0.4, -0.2) is 9.97 Å². The second kappa shape index (κ2) is 3.18. The molecule has 0 radical (unpaired) electrons. The monoisotopic (exact) mass is 214 g/mol. The van der Waals surface area contributed by atoms with E-state index in [1.807, 2.05) is 24.3 Å². The van der Waals surface area contributed by atoms with Crippen LogP contribution >= 0.6 is 0 Å². The van der Waals surface area contributed by atoms with E-state index in [4.69, 9.17) is 5.84 Å². The van der Waals surface area contributed by atoms with Crippen LogP contribution in [0.25, 0.3) is 11.3 Å². The summed E-state index contributed by atoms with van der Waals surface area (Å²) in [4.78, 5) is 18.6. The van der Waals surface area contributed by atoms with E-state index >= 15 is 0 Å². The Balaban J connectivity index is 2.27. The summed E-state index contributed by atoms with van der Waals surface area (Å²) in [6, 6.07) is 7.94. The van der Waals surface area contributed by atoms with Gasteiger partial charge in [0.15, 0.2) is 0 Å². The number of H-pyrrole nitrogens is 1. The summed E-state index contributed by atoms with van der Waals surface area (Å²) in [6.45, 7) is 0. The van der Waals surface area contributed by atoms with Crippen molar-refractivity contribution in [2.75, 3.05) is 5.43 Å². The van der Waals surface area contributed by atoms with Gasteiger partial charge in [0.1, 0.15) is 0 Å². The van der Waals surface area contributed by atoms with Crippen molar-refractivity contribution >= 4 is 5.82 Å². The van der Waals surface area contributed by atoms with Crippen LogP contribution in [-0.2, 0) is 6.42 Å². The standard InChI is InChI=1S/C11H10N4O/c12-15-10-11(16)14-9-7-4-2-1-3-6(7)5-8(9)13-10/h1-4H,5,12H2,(H,13,15)(H,14,16). The number of aromatic nitrogens is 2. The van der Waals surface area contributed by atoms with E-state index in [-0.39, 0.29) is 11.4 Å². The van der Waals surface area contributed by atoms with Gasteiger partial charge in [-0.1, -0.05) is 24.3 Å². The van der Waals surface area contributed by atoms with Gasteiger partial charge in [0, 0.05) is 12.0 Å². The van der Waals surface area contributed by atoms with Crippen molar-refractivity contribution < 1.29 is 0 Å². The van der Waals surface area contributed by atoms with Crippen molar-refractivity contribution in [1.29, 1.82) is 0 Å². The van der Waals surface area contributed by atoms with Gasteiger partial charge in [-0.2, -0.15) is 0 Å². The molecule has 0 unspecified atom stereocenters. The number of nitrogens with zero attached hydrogens (tertiary/aromatic N) is 1. The first-order valence-corrected chi connectivity index (χ1v) is 4.97. The maximum absolute atomic E-state index is 11.6. The van der Waals surface area contributed by atoms with Crippen LogP contribution in [0.4, 0.5) is 5.82 Å². The van der Waals surface area contributed by atoms with E-state index in [1.54, 1.807) is 0 Å². The zero-order valence-electron chi connectivity index (χ0n) is 8.45. The summed E-state index contributed by atoms with van der Waals surface area (Å²) in [7, 11) is 0. The van der Waals surface area contributed by atoms with Gasteiger partial charge in [0.05, 0.1) is 11.4 Å². The maximum Gasteiger partial charge on any atom is 0.292 e. The minimum atomic E-state index is -0.294. The van der Waals surface area contributed by atoms with Gasteiger partial charge in [-0.25, -0.2) is 10.8 Å². The summed E-state index contributed by atoms with van der Waals surface area (Å²) >= 11 is 0. The predicted molar refractivity (Wildman–Crippen MR) is 60.9 cm³/mol. The highest BCUT2D eigenvalue weighted by molar-refractivity contribution is 5.72. The zero-order valence-corrected chi connectivity index (χ0v) is 8.45. The molecule has 5 nitrogen and oxygen atoms in total. The average molecular weight is 214 g/mol. The largest absolute Gasteiger partial charge is 0.317 e. The SMILES string of the molecule is NNc1nc2c([nH]c1=O)-c1ccccc1C2. The molecule has 2 aromatic rings. The molecule has 1 aromatic heterocycles. The van der Waals surface area contributed by atoms with Crippen molar-refractivity contribution in [2.24, 2.45) is 5.84 Å². The lowest BCUT2D eigenvalue weighted by Crippen LogP contribution is -2.21. The first-order chi connectivity index (χ1) is 7.79. The quantitative estimate of drug-likeness (QED) is 0.409. The number of nitrogens with one attached hydrogen (secondary N) is 2. The smallest absolute Gasteiger partial charge is 0.292 e. The second-order valence-corrected chi connectivity index (χ2v) is 3.71. The molecule has 80 valence electrons. The molecule has 3 rings (SSSR count). The Morgan fingerprint density at radius 1 is 1.38 bits per heavy atom. The van der Waals surface area contributed by atoms with Crippen molar-refractivity contribution in [3.8, 4) is 11.3 Å². The van der Waals surface area contributed by atoms with Crippen LogP contribution in [0.2, 0.25) is 0 Å². The Labute approximate surface area is 91.3 Å². The third-order valence-corrected chi connectivity index (χ3v) is 2.77. The molecule has 0 aliphatic heterocycles. The minimum Gasteiger partial charge on any atom is -0.317 e. The number of nitrogens with two attached hydrogens (primary N) is 1. The minimum absolute atomic E-state index is 0.159. The first kappa shape index (κ1) is 9.11. The van der Waals surface area contributed by atoms with Gasteiger partial charge in [0.2, 0.25) is 5.82 Å². The topological polar surface area (TPSA) is 83.8 Å². The number of anilines is 1. The van der Waals surface area contributed by atoms with Crippen LogP contribution < -0.4 is 16.8 Å². The molecule has 0 spiro atoms. The van der Waals surface area contributed by atoms with E-state index in [0.717, 1.165) is 23.4 Å². The first-order valence-electron chi connectivity index (χ1n) is 4.97. The van der Waals surface area contributed by atoms with Crippen molar-refractivity contribution in [3.05, 3.63) is 45.9 Å². The lowest BCUT2D eigenvalue weighted by atomic mass is 10.1.